The molecule has 0 saturated carbocycles. The van der Waals surface area contributed by atoms with Gasteiger partial charge in [0.2, 0.25) is 0 Å². The number of amides is 1. The van der Waals surface area contributed by atoms with E-state index in [0.29, 0.717) is 26.1 Å². The van der Waals surface area contributed by atoms with Crippen LogP contribution >= 0.6 is 0 Å². The second-order valence-electron chi connectivity index (χ2n) is 15.6. The molecule has 5 atom stereocenters. The van der Waals surface area contributed by atoms with Gasteiger partial charge in [-0.05, 0) is 77.3 Å². The molecule has 9 heteroatoms. The van der Waals surface area contributed by atoms with Crippen LogP contribution in [0.15, 0.2) is 110 Å². The van der Waals surface area contributed by atoms with E-state index in [4.69, 9.17) is 28.4 Å². The van der Waals surface area contributed by atoms with Crippen molar-refractivity contribution >= 4 is 12.1 Å². The largest absolute Gasteiger partial charge is 0.497 e. The summed E-state index contributed by atoms with van der Waals surface area (Å²) in [5.74, 6) is -0.861. The molecule has 0 radical (unpaired) electrons. The monoisotopic (exact) mass is 761 g/mol. The third kappa shape index (κ3) is 9.88. The highest BCUT2D eigenvalue weighted by molar-refractivity contribution is 5.82. The van der Waals surface area contributed by atoms with E-state index < -0.39 is 42.2 Å². The van der Waals surface area contributed by atoms with E-state index in [9.17, 15) is 9.59 Å². The molecule has 6 rings (SSSR count). The first-order valence-electron chi connectivity index (χ1n) is 19.5. The Morgan fingerprint density at radius 1 is 0.839 bits per heavy atom. The van der Waals surface area contributed by atoms with Crippen LogP contribution in [0, 0.1) is 11.8 Å². The first-order valence-corrected chi connectivity index (χ1v) is 19.5. The molecule has 1 N–H and O–H groups in total. The predicted octanol–water partition coefficient (Wildman–Crippen LogP) is 9.68. The van der Waals surface area contributed by atoms with E-state index in [-0.39, 0.29) is 24.4 Å². The van der Waals surface area contributed by atoms with Crippen molar-refractivity contribution in [3.63, 3.8) is 0 Å². The van der Waals surface area contributed by atoms with E-state index >= 15 is 0 Å². The molecular formula is C47H55NO8. The molecule has 4 aromatic rings. The molecule has 0 spiro atoms. The first-order chi connectivity index (χ1) is 27.0. The van der Waals surface area contributed by atoms with Gasteiger partial charge >= 0.3 is 12.1 Å². The number of rotatable bonds is 17. The summed E-state index contributed by atoms with van der Waals surface area (Å²) in [6, 6.07) is 31.4. The molecule has 0 bridgehead atoms. The van der Waals surface area contributed by atoms with Crippen molar-refractivity contribution < 1.29 is 38.0 Å². The van der Waals surface area contributed by atoms with E-state index in [1.54, 1.807) is 13.2 Å². The summed E-state index contributed by atoms with van der Waals surface area (Å²) in [5.41, 5.74) is 7.57. The van der Waals surface area contributed by atoms with Crippen LogP contribution in [-0.2, 0) is 41.7 Å². The smallest absolute Gasteiger partial charge is 0.407 e. The highest BCUT2D eigenvalue weighted by Gasteiger charge is 2.47. The number of benzene rings is 4. The molecule has 0 aromatic heterocycles. The molecule has 4 aromatic carbocycles. The SMILES string of the molecule is C=CC[C@H](OC(=O)[C@H](CC(C)C)NC(=O)OCC1c2ccccc2-c2ccccc21)[C@H](C)[C@H]1OC(C)(C)O[C@@H]1c1ccc(COCc2ccc(OC)cc2)cc1. The summed E-state index contributed by atoms with van der Waals surface area (Å²) in [5, 5.41) is 2.82. The lowest BCUT2D eigenvalue weighted by Crippen LogP contribution is -2.46. The van der Waals surface area contributed by atoms with Crippen molar-refractivity contribution in [3.05, 3.63) is 138 Å². The molecule has 1 saturated heterocycles. The summed E-state index contributed by atoms with van der Waals surface area (Å²) in [6.45, 7) is 14.8. The number of alkyl carbamates (subject to hydrolysis) is 1. The van der Waals surface area contributed by atoms with Crippen LogP contribution in [0.3, 0.4) is 0 Å². The van der Waals surface area contributed by atoms with Gasteiger partial charge in [0.1, 0.15) is 30.6 Å². The first kappa shape index (κ1) is 40.7. The van der Waals surface area contributed by atoms with Gasteiger partial charge < -0.3 is 33.7 Å². The fraction of sp³-hybridized carbons (Fsp3) is 0.404. The minimum absolute atomic E-state index is 0.0954. The van der Waals surface area contributed by atoms with Crippen molar-refractivity contribution in [2.75, 3.05) is 13.7 Å². The number of methoxy groups -OCH3 is 1. The van der Waals surface area contributed by atoms with Gasteiger partial charge in [0, 0.05) is 18.3 Å². The summed E-state index contributed by atoms with van der Waals surface area (Å²) < 4.78 is 36.2. The summed E-state index contributed by atoms with van der Waals surface area (Å²) in [6.07, 6.45) is 0.420. The number of hydrogen-bond donors (Lipinski definition) is 1. The third-order valence-corrected chi connectivity index (χ3v) is 10.5. The Balaban J connectivity index is 1.08. The Morgan fingerprint density at radius 3 is 2.00 bits per heavy atom. The minimum atomic E-state index is -0.905. The molecule has 2 aliphatic rings. The maximum Gasteiger partial charge on any atom is 0.407 e. The quantitative estimate of drug-likeness (QED) is 0.0839. The Morgan fingerprint density at radius 2 is 1.43 bits per heavy atom. The Hall–Kier alpha value is -4.96. The van der Waals surface area contributed by atoms with Gasteiger partial charge in [-0.2, -0.15) is 0 Å². The molecule has 1 heterocycles. The molecule has 1 aliphatic heterocycles. The standard InChI is InChI=1S/C47H55NO8/c1-8-13-42(31(4)43-44(56-47(5,6)55-43)34-22-18-32(19-23-34)27-52-28-33-20-24-35(51-7)25-21-33)54-45(49)41(26-30(2)3)48-46(50)53-29-40-38-16-11-9-14-36(38)37-15-10-12-17-39(37)40/h8-12,14-25,30-31,40-44H,1,13,26-29H2,2-7H3,(H,48,50)/t31-,41-,42-,43+,44+/m0/s1. The van der Waals surface area contributed by atoms with Crippen molar-refractivity contribution in [2.24, 2.45) is 11.8 Å². The number of esters is 1. The van der Waals surface area contributed by atoms with Crippen molar-refractivity contribution in [1.82, 2.24) is 5.32 Å². The zero-order valence-corrected chi connectivity index (χ0v) is 33.4. The lowest BCUT2D eigenvalue weighted by Gasteiger charge is -2.31. The van der Waals surface area contributed by atoms with Gasteiger partial charge in [0.05, 0.1) is 26.4 Å². The number of carbonyl (C=O) groups excluding carboxylic acids is 2. The molecule has 1 amide bonds. The lowest BCUT2D eigenvalue weighted by molar-refractivity contribution is -0.164. The fourth-order valence-corrected chi connectivity index (χ4v) is 7.69. The highest BCUT2D eigenvalue weighted by Crippen LogP contribution is 2.45. The lowest BCUT2D eigenvalue weighted by atomic mass is 9.89. The summed E-state index contributed by atoms with van der Waals surface area (Å²) in [7, 11) is 1.65. The van der Waals surface area contributed by atoms with Gasteiger partial charge in [0.15, 0.2) is 5.79 Å². The zero-order chi connectivity index (χ0) is 39.8. The van der Waals surface area contributed by atoms with Crippen LogP contribution in [0.5, 0.6) is 5.75 Å². The number of carbonyl (C=O) groups is 2. The van der Waals surface area contributed by atoms with Gasteiger partial charge in [-0.25, -0.2) is 9.59 Å². The van der Waals surface area contributed by atoms with E-state index in [2.05, 4.69) is 36.2 Å². The summed E-state index contributed by atoms with van der Waals surface area (Å²) >= 11 is 0. The molecule has 56 heavy (non-hydrogen) atoms. The van der Waals surface area contributed by atoms with Crippen LogP contribution in [0.25, 0.3) is 11.1 Å². The number of ether oxygens (including phenoxy) is 6. The molecular weight excluding hydrogens is 707 g/mol. The summed E-state index contributed by atoms with van der Waals surface area (Å²) in [4.78, 5) is 27.2. The predicted molar refractivity (Wildman–Crippen MR) is 216 cm³/mol. The topological polar surface area (TPSA) is 102 Å². The molecule has 9 nitrogen and oxygen atoms in total. The van der Waals surface area contributed by atoms with Gasteiger partial charge in [0.25, 0.3) is 0 Å². The Bertz CT molecular complexity index is 1890. The minimum Gasteiger partial charge on any atom is -0.497 e. The van der Waals surface area contributed by atoms with Gasteiger partial charge in [-0.15, -0.1) is 6.58 Å². The normalized spacial score (nSPS) is 18.7. The molecule has 1 aliphatic carbocycles. The van der Waals surface area contributed by atoms with Gasteiger partial charge in [-0.3, -0.25) is 0 Å². The average Bonchev–Trinajstić information content (AvgIpc) is 3.70. The van der Waals surface area contributed by atoms with Crippen LogP contribution in [0.2, 0.25) is 0 Å². The van der Waals surface area contributed by atoms with Crippen LogP contribution in [0.1, 0.15) is 87.3 Å². The molecule has 1 fully saturated rings. The Kier molecular flexibility index (Phi) is 13.3. The fourth-order valence-electron chi connectivity index (χ4n) is 7.69. The zero-order valence-electron chi connectivity index (χ0n) is 33.4. The average molecular weight is 762 g/mol. The van der Waals surface area contributed by atoms with Crippen LogP contribution in [-0.4, -0.2) is 49.8 Å². The van der Waals surface area contributed by atoms with Gasteiger partial charge in [-0.1, -0.05) is 112 Å². The maximum absolute atomic E-state index is 13.9. The number of hydrogen-bond acceptors (Lipinski definition) is 8. The van der Waals surface area contributed by atoms with Crippen molar-refractivity contribution in [1.29, 1.82) is 0 Å². The molecule has 0 unspecified atom stereocenters. The van der Waals surface area contributed by atoms with Crippen LogP contribution < -0.4 is 10.1 Å². The van der Waals surface area contributed by atoms with Crippen molar-refractivity contribution in [3.8, 4) is 16.9 Å². The third-order valence-electron chi connectivity index (χ3n) is 10.5. The van der Waals surface area contributed by atoms with Crippen LogP contribution in [0.4, 0.5) is 4.79 Å². The number of fused-ring (bicyclic) bond motifs is 3. The number of nitrogens with one attached hydrogen (secondary N) is 1. The molecule has 296 valence electrons. The second-order valence-corrected chi connectivity index (χ2v) is 15.6. The Labute approximate surface area is 331 Å². The van der Waals surface area contributed by atoms with Crippen molar-refractivity contribution in [2.45, 2.75) is 96.7 Å². The highest BCUT2D eigenvalue weighted by atomic mass is 16.8. The maximum atomic E-state index is 13.9. The second kappa shape index (κ2) is 18.3. The van der Waals surface area contributed by atoms with E-state index in [1.807, 2.05) is 107 Å². The van der Waals surface area contributed by atoms with E-state index in [0.717, 1.165) is 44.7 Å². The van der Waals surface area contributed by atoms with E-state index in [1.165, 1.54) is 0 Å².